The Hall–Kier alpha value is -5.15. The Morgan fingerprint density at radius 3 is 1.42 bits per heavy atom. The van der Waals surface area contributed by atoms with Gasteiger partial charge in [-0.25, -0.2) is 0 Å². The Morgan fingerprint density at radius 2 is 0.868 bits per heavy atom. The molecule has 0 N–H and O–H groups in total. The predicted molar refractivity (Wildman–Crippen MR) is 159 cm³/mol. The van der Waals surface area contributed by atoms with Crippen LogP contribution in [0, 0.1) is 0 Å². The fourth-order valence-corrected chi connectivity index (χ4v) is 5.49. The van der Waals surface area contributed by atoms with Crippen molar-refractivity contribution >= 4 is 49.6 Å². The SMILES string of the molecule is O=c1c2ccccc2n(-c2ccc(N(c3ccccc3)c3ccccc3)c3ccccc23)c2ccccc12. The lowest BCUT2D eigenvalue weighted by Gasteiger charge is -2.28. The maximum absolute atomic E-state index is 13.4. The van der Waals surface area contributed by atoms with E-state index < -0.39 is 0 Å². The van der Waals surface area contributed by atoms with E-state index in [1.165, 1.54) is 0 Å². The molecule has 0 radical (unpaired) electrons. The van der Waals surface area contributed by atoms with Crippen molar-refractivity contribution in [2.24, 2.45) is 0 Å². The summed E-state index contributed by atoms with van der Waals surface area (Å²) in [6, 6.07) is 49.6. The van der Waals surface area contributed by atoms with Gasteiger partial charge >= 0.3 is 0 Å². The molecule has 0 fully saturated rings. The largest absolute Gasteiger partial charge is 0.310 e. The summed E-state index contributed by atoms with van der Waals surface area (Å²) in [5.74, 6) is 0. The van der Waals surface area contributed by atoms with Crippen LogP contribution in [0.3, 0.4) is 0 Å². The number of nitrogens with zero attached hydrogens (tertiary/aromatic N) is 2. The van der Waals surface area contributed by atoms with Crippen LogP contribution in [-0.4, -0.2) is 4.57 Å². The Balaban J connectivity index is 1.57. The lowest BCUT2D eigenvalue weighted by molar-refractivity contribution is 1.17. The highest BCUT2D eigenvalue weighted by molar-refractivity contribution is 6.05. The van der Waals surface area contributed by atoms with Gasteiger partial charge in [-0.1, -0.05) is 84.9 Å². The molecule has 7 rings (SSSR count). The first-order chi connectivity index (χ1) is 18.8. The van der Waals surface area contributed by atoms with Gasteiger partial charge in [-0.3, -0.25) is 4.79 Å². The number of para-hydroxylation sites is 4. The molecule has 0 aliphatic heterocycles. The lowest BCUT2D eigenvalue weighted by atomic mass is 10.0. The molecule has 3 heteroatoms. The third-order valence-corrected chi connectivity index (χ3v) is 7.17. The van der Waals surface area contributed by atoms with Gasteiger partial charge in [-0.15, -0.1) is 0 Å². The van der Waals surface area contributed by atoms with Gasteiger partial charge in [0.2, 0.25) is 0 Å². The van der Waals surface area contributed by atoms with Crippen LogP contribution >= 0.6 is 0 Å². The standard InChI is InChI=1S/C35H24N2O/c38-35-29-19-9-11-21-31(29)37(32-22-12-10-20-30(32)35)34-24-23-33(27-17-7-8-18-28(27)34)36(25-13-3-1-4-14-25)26-15-5-2-6-16-26/h1-24H. The maximum atomic E-state index is 13.4. The average molecular weight is 489 g/mol. The smallest absolute Gasteiger partial charge is 0.197 e. The van der Waals surface area contributed by atoms with Crippen LogP contribution in [-0.2, 0) is 0 Å². The van der Waals surface area contributed by atoms with Crippen molar-refractivity contribution in [3.05, 3.63) is 156 Å². The Kier molecular flexibility index (Phi) is 5.26. The van der Waals surface area contributed by atoms with Gasteiger partial charge in [0.05, 0.1) is 22.4 Å². The third-order valence-electron chi connectivity index (χ3n) is 7.17. The van der Waals surface area contributed by atoms with Gasteiger partial charge in [0.15, 0.2) is 5.43 Å². The molecular formula is C35H24N2O. The van der Waals surface area contributed by atoms with Crippen LogP contribution < -0.4 is 10.3 Å². The van der Waals surface area contributed by atoms with Crippen LogP contribution in [0.1, 0.15) is 0 Å². The fourth-order valence-electron chi connectivity index (χ4n) is 5.49. The molecule has 0 bridgehead atoms. The minimum atomic E-state index is 0.0627. The molecule has 38 heavy (non-hydrogen) atoms. The number of pyridine rings is 1. The zero-order chi connectivity index (χ0) is 25.5. The van der Waals surface area contributed by atoms with E-state index in [9.17, 15) is 4.79 Å². The minimum Gasteiger partial charge on any atom is -0.310 e. The van der Waals surface area contributed by atoms with E-state index in [1.54, 1.807) is 0 Å². The second-order valence-electron chi connectivity index (χ2n) is 9.35. The number of anilines is 3. The van der Waals surface area contributed by atoms with Gasteiger partial charge in [-0.05, 0) is 60.7 Å². The van der Waals surface area contributed by atoms with E-state index in [0.29, 0.717) is 0 Å². The molecule has 0 saturated carbocycles. The minimum absolute atomic E-state index is 0.0627. The van der Waals surface area contributed by atoms with E-state index >= 15 is 0 Å². The number of hydrogen-bond donors (Lipinski definition) is 0. The summed E-state index contributed by atoms with van der Waals surface area (Å²) in [4.78, 5) is 15.7. The summed E-state index contributed by atoms with van der Waals surface area (Å²) in [6.45, 7) is 0. The Morgan fingerprint density at radius 1 is 0.421 bits per heavy atom. The van der Waals surface area contributed by atoms with Crippen molar-refractivity contribution in [1.29, 1.82) is 0 Å². The molecule has 6 aromatic carbocycles. The topological polar surface area (TPSA) is 25.2 Å². The second-order valence-corrected chi connectivity index (χ2v) is 9.35. The molecule has 1 heterocycles. The van der Waals surface area contributed by atoms with Gasteiger partial charge in [0.25, 0.3) is 0 Å². The summed E-state index contributed by atoms with van der Waals surface area (Å²) < 4.78 is 2.23. The van der Waals surface area contributed by atoms with Crippen LogP contribution in [0.5, 0.6) is 0 Å². The first-order valence-corrected chi connectivity index (χ1v) is 12.8. The summed E-state index contributed by atoms with van der Waals surface area (Å²) >= 11 is 0. The van der Waals surface area contributed by atoms with E-state index in [4.69, 9.17) is 0 Å². The van der Waals surface area contributed by atoms with Gasteiger partial charge in [-0.2, -0.15) is 0 Å². The van der Waals surface area contributed by atoms with Crippen molar-refractivity contribution < 1.29 is 0 Å². The van der Waals surface area contributed by atoms with Crippen LogP contribution in [0.25, 0.3) is 38.3 Å². The molecule has 7 aromatic rings. The zero-order valence-corrected chi connectivity index (χ0v) is 20.7. The maximum Gasteiger partial charge on any atom is 0.197 e. The molecule has 0 atom stereocenters. The zero-order valence-electron chi connectivity index (χ0n) is 20.7. The average Bonchev–Trinajstić information content (AvgIpc) is 2.99. The van der Waals surface area contributed by atoms with Gasteiger partial charge in [0, 0.05) is 32.9 Å². The second kappa shape index (κ2) is 9.06. The Labute approximate surface area is 220 Å². The molecule has 0 spiro atoms. The molecular weight excluding hydrogens is 464 g/mol. The highest BCUT2D eigenvalue weighted by Crippen LogP contribution is 2.41. The van der Waals surface area contributed by atoms with Crippen LogP contribution in [0.4, 0.5) is 17.1 Å². The molecule has 0 unspecified atom stereocenters. The predicted octanol–water partition coefficient (Wildman–Crippen LogP) is 8.77. The molecule has 0 aliphatic rings. The monoisotopic (exact) mass is 488 g/mol. The normalized spacial score (nSPS) is 11.3. The van der Waals surface area contributed by atoms with Crippen molar-refractivity contribution in [3.63, 3.8) is 0 Å². The van der Waals surface area contributed by atoms with E-state index in [0.717, 1.165) is 55.3 Å². The molecule has 3 nitrogen and oxygen atoms in total. The summed E-state index contributed by atoms with van der Waals surface area (Å²) in [5, 5.41) is 3.68. The number of rotatable bonds is 4. The van der Waals surface area contributed by atoms with Crippen molar-refractivity contribution in [2.75, 3.05) is 4.90 Å². The summed E-state index contributed by atoms with van der Waals surface area (Å²) in [7, 11) is 0. The molecule has 0 saturated heterocycles. The molecule has 180 valence electrons. The van der Waals surface area contributed by atoms with Gasteiger partial charge in [0.1, 0.15) is 0 Å². The molecule has 0 aliphatic carbocycles. The van der Waals surface area contributed by atoms with Gasteiger partial charge < -0.3 is 9.47 Å². The quantitative estimate of drug-likeness (QED) is 0.231. The third kappa shape index (κ3) is 3.48. The highest BCUT2D eigenvalue weighted by atomic mass is 16.1. The lowest BCUT2D eigenvalue weighted by Crippen LogP contribution is -2.12. The first-order valence-electron chi connectivity index (χ1n) is 12.8. The van der Waals surface area contributed by atoms with Crippen molar-refractivity contribution in [2.45, 2.75) is 0 Å². The van der Waals surface area contributed by atoms with Crippen molar-refractivity contribution in [1.82, 2.24) is 4.57 Å². The van der Waals surface area contributed by atoms with E-state index in [2.05, 4.69) is 94.4 Å². The first kappa shape index (κ1) is 22.1. The summed E-state index contributed by atoms with van der Waals surface area (Å²) in [6.07, 6.45) is 0. The number of fused-ring (bicyclic) bond motifs is 3. The molecule has 0 amide bonds. The van der Waals surface area contributed by atoms with Crippen LogP contribution in [0.2, 0.25) is 0 Å². The number of hydrogen-bond acceptors (Lipinski definition) is 2. The number of aromatic nitrogens is 1. The Bertz CT molecular complexity index is 1890. The molecule has 1 aromatic heterocycles. The van der Waals surface area contributed by atoms with E-state index in [-0.39, 0.29) is 5.43 Å². The fraction of sp³-hybridized carbons (Fsp3) is 0. The van der Waals surface area contributed by atoms with E-state index in [1.807, 2.05) is 60.7 Å². The summed E-state index contributed by atoms with van der Waals surface area (Å²) in [5.41, 5.74) is 6.18. The number of benzene rings is 6. The van der Waals surface area contributed by atoms with Crippen molar-refractivity contribution in [3.8, 4) is 5.69 Å². The van der Waals surface area contributed by atoms with Crippen LogP contribution in [0.15, 0.2) is 150 Å². The highest BCUT2D eigenvalue weighted by Gasteiger charge is 2.19.